The van der Waals surface area contributed by atoms with E-state index in [4.69, 9.17) is 135 Å². The molecule has 0 amide bonds. The molecule has 0 bridgehead atoms. The van der Waals surface area contributed by atoms with Crippen molar-refractivity contribution < 1.29 is 48.0 Å². The molecule has 24 heteroatoms. The van der Waals surface area contributed by atoms with E-state index in [9.17, 15) is 39.4 Å². The second kappa shape index (κ2) is 18.5. The zero-order chi connectivity index (χ0) is 39.2. The van der Waals surface area contributed by atoms with E-state index in [1.807, 2.05) is 0 Å². The Morgan fingerprint density at radius 1 is 0.385 bits per heavy atom. The van der Waals surface area contributed by atoms with Gasteiger partial charge in [-0.05, 0) is 24.3 Å². The van der Waals surface area contributed by atoms with E-state index in [-0.39, 0.29) is 41.6 Å². The van der Waals surface area contributed by atoms with Gasteiger partial charge in [-0.25, -0.2) is 19.2 Å². The lowest BCUT2D eigenvalue weighted by Gasteiger charge is -2.10. The molecule has 0 saturated carbocycles. The molecular weight excluding hydrogens is 911 g/mol. The first-order valence-electron chi connectivity index (χ1n) is 12.6. The van der Waals surface area contributed by atoms with Crippen molar-refractivity contribution in [3.05, 3.63) is 119 Å². The molecule has 0 N–H and O–H groups in total. The van der Waals surface area contributed by atoms with Crippen LogP contribution in [0.15, 0.2) is 48.5 Å². The number of halogens is 10. The molecule has 0 saturated heterocycles. The highest BCUT2D eigenvalue weighted by Crippen LogP contribution is 2.40. The number of carbonyl (C=O) groups is 4. The van der Waals surface area contributed by atoms with Crippen LogP contribution in [0.25, 0.3) is 0 Å². The Morgan fingerprint density at radius 3 is 0.731 bits per heavy atom. The third-order valence-electron chi connectivity index (χ3n) is 5.43. The number of nitro benzene ring substituents is 2. The Balaban J connectivity index is 0.000000284. The van der Waals surface area contributed by atoms with Gasteiger partial charge >= 0.3 is 23.9 Å². The van der Waals surface area contributed by atoms with Gasteiger partial charge in [-0.3, -0.25) is 20.2 Å². The van der Waals surface area contributed by atoms with E-state index in [0.29, 0.717) is 0 Å². The highest BCUT2D eigenvalue weighted by molar-refractivity contribution is 6.43. The number of carbonyl (C=O) groups excluding carboxylic acids is 4. The summed E-state index contributed by atoms with van der Waals surface area (Å²) in [4.78, 5) is 67.3. The summed E-state index contributed by atoms with van der Waals surface area (Å²) in [5.41, 5.74) is -0.941. The number of non-ortho nitro benzene ring substituents is 2. The Morgan fingerprint density at radius 2 is 0.558 bits per heavy atom. The fourth-order valence-corrected chi connectivity index (χ4v) is 6.18. The number of esters is 4. The molecule has 0 fully saturated rings. The van der Waals surface area contributed by atoms with Crippen LogP contribution in [-0.2, 0) is 19.2 Å². The third-order valence-corrected chi connectivity index (χ3v) is 8.11. The quantitative estimate of drug-likeness (QED) is 0.0585. The summed E-state index contributed by atoms with van der Waals surface area (Å²) < 4.78 is 19.0. The molecule has 0 heterocycles. The predicted octanol–water partition coefficient (Wildman–Crippen LogP) is 10.7. The average Bonchev–Trinajstić information content (AvgIpc) is 3.03. The standard InChI is InChI=1S/C14H4Cl6O4.C14H4Cl4N2O8/c15-5-1-7(17)11(8(18)2-5)23-13(21)14(22)24-12-9(19)3-6(16)4-10(12)20;15-7-1-5(19(23)24)2-8(16)11(7)27-13(21)14(22)28-12-9(17)3-6(20(25)26)4-10(12)18/h1-4H;1-4H. The summed E-state index contributed by atoms with van der Waals surface area (Å²) in [5.74, 6) is -7.50. The van der Waals surface area contributed by atoms with Crippen molar-refractivity contribution in [2.75, 3.05) is 0 Å². The lowest BCUT2D eigenvalue weighted by atomic mass is 10.3. The number of ether oxygens (including phenoxy) is 4. The van der Waals surface area contributed by atoms with Gasteiger partial charge < -0.3 is 18.9 Å². The summed E-state index contributed by atoms with van der Waals surface area (Å²) in [6, 6.07) is 8.56. The Kier molecular flexibility index (Phi) is 15.2. The van der Waals surface area contributed by atoms with Gasteiger partial charge in [-0.1, -0.05) is 116 Å². The van der Waals surface area contributed by atoms with Gasteiger partial charge in [-0.15, -0.1) is 0 Å². The minimum absolute atomic E-state index is 0.0591. The summed E-state index contributed by atoms with van der Waals surface area (Å²) in [6.07, 6.45) is 0. The van der Waals surface area contributed by atoms with E-state index in [1.54, 1.807) is 0 Å². The van der Waals surface area contributed by atoms with Crippen LogP contribution in [0.4, 0.5) is 11.4 Å². The Labute approximate surface area is 339 Å². The topological polar surface area (TPSA) is 191 Å². The molecule has 14 nitrogen and oxygen atoms in total. The zero-order valence-electron chi connectivity index (χ0n) is 24.2. The summed E-state index contributed by atoms with van der Waals surface area (Å²) in [7, 11) is 0. The van der Waals surface area contributed by atoms with E-state index < -0.39 is 76.7 Å². The molecule has 52 heavy (non-hydrogen) atoms. The largest absolute Gasteiger partial charge is 0.423 e. The molecule has 0 aliphatic heterocycles. The number of nitrogens with zero attached hydrogens (tertiary/aromatic N) is 2. The van der Waals surface area contributed by atoms with Gasteiger partial charge in [0.2, 0.25) is 0 Å². The Hall–Kier alpha value is -3.54. The molecule has 0 unspecified atom stereocenters. The summed E-state index contributed by atoms with van der Waals surface area (Å²) in [6.45, 7) is 0. The SMILES string of the molecule is O=C(Oc1c(Cl)cc(Cl)cc1Cl)C(=O)Oc1c(Cl)cc(Cl)cc1Cl.O=C(Oc1c(Cl)cc([N+](=O)[O-])cc1Cl)C(=O)Oc1c(Cl)cc([N+](=O)[O-])cc1Cl. The van der Waals surface area contributed by atoms with Gasteiger partial charge in [0.25, 0.3) is 11.4 Å². The van der Waals surface area contributed by atoms with E-state index in [0.717, 1.165) is 24.3 Å². The highest BCUT2D eigenvalue weighted by atomic mass is 35.5. The van der Waals surface area contributed by atoms with Crippen LogP contribution in [0.2, 0.25) is 50.2 Å². The normalized spacial score (nSPS) is 10.3. The summed E-state index contributed by atoms with van der Waals surface area (Å²) >= 11 is 57.9. The zero-order valence-corrected chi connectivity index (χ0v) is 31.8. The van der Waals surface area contributed by atoms with Crippen LogP contribution in [0.3, 0.4) is 0 Å². The van der Waals surface area contributed by atoms with Crippen molar-refractivity contribution in [2.45, 2.75) is 0 Å². The number of rotatable bonds is 6. The highest BCUT2D eigenvalue weighted by Gasteiger charge is 2.28. The van der Waals surface area contributed by atoms with Crippen LogP contribution in [-0.4, -0.2) is 33.7 Å². The summed E-state index contributed by atoms with van der Waals surface area (Å²) in [5, 5.41) is 20.0. The van der Waals surface area contributed by atoms with Crippen molar-refractivity contribution in [3.63, 3.8) is 0 Å². The maximum Gasteiger partial charge on any atom is 0.423 e. The fourth-order valence-electron chi connectivity index (χ4n) is 3.29. The van der Waals surface area contributed by atoms with Gasteiger partial charge in [0.15, 0.2) is 23.0 Å². The first kappa shape index (κ1) is 42.9. The molecule has 4 aromatic rings. The smallest absolute Gasteiger partial charge is 0.415 e. The molecule has 0 radical (unpaired) electrons. The molecular formula is C28H8Cl10N2O12. The first-order valence-corrected chi connectivity index (χ1v) is 16.4. The van der Waals surface area contributed by atoms with E-state index in [2.05, 4.69) is 0 Å². The molecule has 0 aromatic heterocycles. The van der Waals surface area contributed by atoms with Crippen molar-refractivity contribution in [1.82, 2.24) is 0 Å². The van der Waals surface area contributed by atoms with Crippen molar-refractivity contribution in [2.24, 2.45) is 0 Å². The van der Waals surface area contributed by atoms with Crippen molar-refractivity contribution in [1.29, 1.82) is 0 Å². The van der Waals surface area contributed by atoms with Crippen LogP contribution >= 0.6 is 116 Å². The van der Waals surface area contributed by atoms with Gasteiger partial charge in [0, 0.05) is 34.3 Å². The van der Waals surface area contributed by atoms with Gasteiger partial charge in [-0.2, -0.15) is 0 Å². The molecule has 0 atom stereocenters. The number of hydrogen-bond acceptors (Lipinski definition) is 12. The maximum absolute atomic E-state index is 11.9. The van der Waals surface area contributed by atoms with Crippen LogP contribution in [0.5, 0.6) is 23.0 Å². The molecule has 4 rings (SSSR count). The van der Waals surface area contributed by atoms with E-state index in [1.165, 1.54) is 24.3 Å². The number of hydrogen-bond donors (Lipinski definition) is 0. The van der Waals surface area contributed by atoms with Gasteiger partial charge in [0.05, 0.1) is 50.0 Å². The minimum Gasteiger partial charge on any atom is -0.415 e. The predicted molar refractivity (Wildman–Crippen MR) is 192 cm³/mol. The number of benzene rings is 4. The lowest BCUT2D eigenvalue weighted by molar-refractivity contribution is -0.385. The molecule has 0 aliphatic rings. The first-order chi connectivity index (χ1) is 24.2. The fraction of sp³-hybridized carbons (Fsp3) is 0. The average molecular weight is 919 g/mol. The second-order valence-electron chi connectivity index (χ2n) is 8.95. The molecule has 4 aromatic carbocycles. The Bertz CT molecular complexity index is 1920. The maximum atomic E-state index is 11.9. The molecule has 272 valence electrons. The minimum atomic E-state index is -1.61. The third kappa shape index (κ3) is 11.2. The van der Waals surface area contributed by atoms with Crippen molar-refractivity contribution >= 4 is 151 Å². The number of nitro groups is 2. The second-order valence-corrected chi connectivity index (χ2v) is 13.1. The molecule has 0 aliphatic carbocycles. The van der Waals surface area contributed by atoms with Gasteiger partial charge in [0.1, 0.15) is 0 Å². The van der Waals surface area contributed by atoms with Crippen molar-refractivity contribution in [3.8, 4) is 23.0 Å². The van der Waals surface area contributed by atoms with Crippen LogP contribution in [0, 0.1) is 20.2 Å². The lowest BCUT2D eigenvalue weighted by Crippen LogP contribution is -2.26. The van der Waals surface area contributed by atoms with E-state index >= 15 is 0 Å². The van der Waals surface area contributed by atoms with Crippen LogP contribution in [0.1, 0.15) is 0 Å². The monoisotopic (exact) mass is 914 g/mol. The van der Waals surface area contributed by atoms with Crippen LogP contribution < -0.4 is 18.9 Å². The molecule has 0 spiro atoms.